The number of hydrogen-bond donors (Lipinski definition) is 2. The molecule has 4 rings (SSSR count). The maximum absolute atomic E-state index is 12.7. The predicted octanol–water partition coefficient (Wildman–Crippen LogP) is 4.20. The summed E-state index contributed by atoms with van der Waals surface area (Å²) in [5.74, 6) is 0.126. The molecule has 3 aromatic rings. The fraction of sp³-hybridized carbons (Fsp3) is 0.227. The second kappa shape index (κ2) is 9.40. The van der Waals surface area contributed by atoms with Gasteiger partial charge in [0.1, 0.15) is 10.8 Å². The first kappa shape index (κ1) is 21.2. The Morgan fingerprint density at radius 2 is 1.94 bits per heavy atom. The molecule has 0 spiro atoms. The average molecular weight is 455 g/mol. The standard InChI is InChI=1S/C22H22N4O3S2/c27-21(12-13-22-25-18-9-3-4-10-19(18)30-22)24-16-7-6-8-17(15-16)31(28,29)26-20-11-2-1-5-14-23-20/h3-4,6-10,12-13,15H,1-2,5,11,14H2,(H,23,26)(H,24,27)/b13-12+. The van der Waals surface area contributed by atoms with Crippen molar-refractivity contribution in [1.82, 2.24) is 9.71 Å². The fourth-order valence-electron chi connectivity index (χ4n) is 3.20. The smallest absolute Gasteiger partial charge is 0.262 e. The van der Waals surface area contributed by atoms with Gasteiger partial charge < -0.3 is 5.32 Å². The van der Waals surface area contributed by atoms with E-state index in [4.69, 9.17) is 0 Å². The summed E-state index contributed by atoms with van der Waals surface area (Å²) in [6.45, 7) is 0.634. The molecule has 0 atom stereocenters. The number of thiazole rings is 1. The van der Waals surface area contributed by atoms with E-state index in [-0.39, 0.29) is 10.8 Å². The molecule has 2 heterocycles. The van der Waals surface area contributed by atoms with Crippen molar-refractivity contribution < 1.29 is 13.2 Å². The van der Waals surface area contributed by atoms with Gasteiger partial charge in [-0.15, -0.1) is 11.3 Å². The van der Waals surface area contributed by atoms with Gasteiger partial charge in [0.15, 0.2) is 0 Å². The van der Waals surface area contributed by atoms with Crippen molar-refractivity contribution in [3.63, 3.8) is 0 Å². The number of hydrogen-bond acceptors (Lipinski definition) is 6. The third-order valence-electron chi connectivity index (χ3n) is 4.73. The van der Waals surface area contributed by atoms with Gasteiger partial charge in [-0.3, -0.25) is 14.5 Å². The molecule has 31 heavy (non-hydrogen) atoms. The van der Waals surface area contributed by atoms with E-state index in [0.717, 1.165) is 34.5 Å². The van der Waals surface area contributed by atoms with Gasteiger partial charge in [0.05, 0.1) is 15.1 Å². The quantitative estimate of drug-likeness (QED) is 0.564. The summed E-state index contributed by atoms with van der Waals surface area (Å²) in [5.41, 5.74) is 1.28. The molecule has 2 aromatic carbocycles. The SMILES string of the molecule is O=C(/C=C/c1nc2ccccc2s1)Nc1cccc(S(=O)(=O)NC2=NCCCCC2)c1. The number of anilines is 1. The molecule has 0 fully saturated rings. The van der Waals surface area contributed by atoms with Gasteiger partial charge in [-0.2, -0.15) is 0 Å². The molecule has 7 nitrogen and oxygen atoms in total. The molecular formula is C22H22N4O3S2. The first-order chi connectivity index (χ1) is 15.0. The fourth-order valence-corrected chi connectivity index (χ4v) is 5.21. The lowest BCUT2D eigenvalue weighted by atomic mass is 10.2. The maximum Gasteiger partial charge on any atom is 0.262 e. The highest BCUT2D eigenvalue weighted by Crippen LogP contribution is 2.22. The van der Waals surface area contributed by atoms with Crippen molar-refractivity contribution in [2.45, 2.75) is 30.6 Å². The topological polar surface area (TPSA) is 101 Å². The number of carbonyl (C=O) groups excluding carboxylic acids is 1. The summed E-state index contributed by atoms with van der Waals surface area (Å²) in [5, 5.41) is 3.42. The normalized spacial score (nSPS) is 14.9. The number of carbonyl (C=O) groups is 1. The highest BCUT2D eigenvalue weighted by atomic mass is 32.2. The molecule has 0 radical (unpaired) electrons. The van der Waals surface area contributed by atoms with Gasteiger partial charge in [0, 0.05) is 24.7 Å². The summed E-state index contributed by atoms with van der Waals surface area (Å²) >= 11 is 1.49. The number of aliphatic imine (C=N–C) groups is 1. The molecule has 160 valence electrons. The van der Waals surface area contributed by atoms with Gasteiger partial charge in [0.2, 0.25) is 5.91 Å². The van der Waals surface area contributed by atoms with Crippen LogP contribution in [-0.2, 0) is 14.8 Å². The van der Waals surface area contributed by atoms with Crippen LogP contribution in [0.15, 0.2) is 64.5 Å². The lowest BCUT2D eigenvalue weighted by molar-refractivity contribution is -0.111. The van der Waals surface area contributed by atoms with E-state index < -0.39 is 10.0 Å². The zero-order chi connectivity index (χ0) is 21.7. The largest absolute Gasteiger partial charge is 0.322 e. The molecule has 2 N–H and O–H groups in total. The van der Waals surface area contributed by atoms with Crippen LogP contribution in [0.5, 0.6) is 0 Å². The van der Waals surface area contributed by atoms with Crippen LogP contribution in [0.25, 0.3) is 16.3 Å². The Balaban J connectivity index is 1.43. The molecule has 9 heteroatoms. The monoisotopic (exact) mass is 454 g/mol. The lowest BCUT2D eigenvalue weighted by Crippen LogP contribution is -2.30. The van der Waals surface area contributed by atoms with Crippen molar-refractivity contribution in [1.29, 1.82) is 0 Å². The minimum atomic E-state index is -3.76. The zero-order valence-corrected chi connectivity index (χ0v) is 18.4. The van der Waals surface area contributed by atoms with Crippen LogP contribution < -0.4 is 10.0 Å². The van der Waals surface area contributed by atoms with Crippen molar-refractivity contribution in [3.05, 3.63) is 59.6 Å². The number of para-hydroxylation sites is 1. The van der Waals surface area contributed by atoms with Gasteiger partial charge >= 0.3 is 0 Å². The maximum atomic E-state index is 12.7. The minimum absolute atomic E-state index is 0.0763. The van der Waals surface area contributed by atoms with Crippen molar-refractivity contribution in [2.24, 2.45) is 4.99 Å². The molecule has 1 aliphatic rings. The number of benzene rings is 2. The number of amidine groups is 1. The third-order valence-corrected chi connectivity index (χ3v) is 7.11. The molecule has 0 unspecified atom stereocenters. The number of sulfonamides is 1. The summed E-state index contributed by atoms with van der Waals surface area (Å²) in [6, 6.07) is 13.9. The van der Waals surface area contributed by atoms with E-state index in [2.05, 4.69) is 20.0 Å². The van der Waals surface area contributed by atoms with E-state index >= 15 is 0 Å². The molecular weight excluding hydrogens is 432 g/mol. The average Bonchev–Trinajstić information content (AvgIpc) is 3.01. The van der Waals surface area contributed by atoms with Gasteiger partial charge in [-0.05, 0) is 49.2 Å². The Bertz CT molecular complexity index is 1230. The second-order valence-electron chi connectivity index (χ2n) is 7.11. The van der Waals surface area contributed by atoms with Crippen LogP contribution in [0, 0.1) is 0 Å². The molecule has 0 saturated heterocycles. The Morgan fingerprint density at radius 1 is 1.06 bits per heavy atom. The first-order valence-electron chi connectivity index (χ1n) is 10.0. The highest BCUT2D eigenvalue weighted by Gasteiger charge is 2.17. The van der Waals surface area contributed by atoms with E-state index in [1.165, 1.54) is 29.5 Å². The summed E-state index contributed by atoms with van der Waals surface area (Å²) in [7, 11) is -3.76. The summed E-state index contributed by atoms with van der Waals surface area (Å²) < 4.78 is 29.1. The first-order valence-corrected chi connectivity index (χ1v) is 12.3. The van der Waals surface area contributed by atoms with Crippen molar-refractivity contribution >= 4 is 55.1 Å². The molecule has 0 aliphatic carbocycles. The molecule has 1 amide bonds. The van der Waals surface area contributed by atoms with Crippen LogP contribution in [0.4, 0.5) is 5.69 Å². The third kappa shape index (κ3) is 5.56. The van der Waals surface area contributed by atoms with Gasteiger partial charge in [-0.25, -0.2) is 13.4 Å². The Morgan fingerprint density at radius 3 is 2.81 bits per heavy atom. The molecule has 0 bridgehead atoms. The summed E-state index contributed by atoms with van der Waals surface area (Å²) in [4.78, 5) is 21.2. The van der Waals surface area contributed by atoms with Crippen LogP contribution in [-0.4, -0.2) is 31.7 Å². The van der Waals surface area contributed by atoms with Crippen LogP contribution >= 0.6 is 11.3 Å². The number of fused-ring (bicyclic) bond motifs is 1. The number of amides is 1. The highest BCUT2D eigenvalue weighted by molar-refractivity contribution is 7.90. The zero-order valence-electron chi connectivity index (χ0n) is 16.7. The Hall–Kier alpha value is -3.04. The van der Waals surface area contributed by atoms with E-state index in [0.29, 0.717) is 24.5 Å². The van der Waals surface area contributed by atoms with Crippen LogP contribution in [0.3, 0.4) is 0 Å². The second-order valence-corrected chi connectivity index (χ2v) is 9.86. The van der Waals surface area contributed by atoms with Gasteiger partial charge in [0.25, 0.3) is 10.0 Å². The Kier molecular flexibility index (Phi) is 6.43. The minimum Gasteiger partial charge on any atom is -0.322 e. The number of nitrogens with zero attached hydrogens (tertiary/aromatic N) is 2. The van der Waals surface area contributed by atoms with E-state index in [1.54, 1.807) is 18.2 Å². The van der Waals surface area contributed by atoms with Crippen LogP contribution in [0.1, 0.15) is 30.7 Å². The summed E-state index contributed by atoms with van der Waals surface area (Å²) in [6.07, 6.45) is 6.58. The molecule has 0 saturated carbocycles. The number of nitrogens with one attached hydrogen (secondary N) is 2. The van der Waals surface area contributed by atoms with Crippen molar-refractivity contribution in [2.75, 3.05) is 11.9 Å². The van der Waals surface area contributed by atoms with Gasteiger partial charge in [-0.1, -0.05) is 24.6 Å². The van der Waals surface area contributed by atoms with E-state index in [9.17, 15) is 13.2 Å². The molecule has 1 aliphatic heterocycles. The van der Waals surface area contributed by atoms with E-state index in [1.807, 2.05) is 24.3 Å². The number of rotatable bonds is 5. The molecule has 1 aromatic heterocycles. The number of aromatic nitrogens is 1. The van der Waals surface area contributed by atoms with Crippen LogP contribution in [0.2, 0.25) is 0 Å². The lowest BCUT2D eigenvalue weighted by Gasteiger charge is -2.11. The van der Waals surface area contributed by atoms with Crippen molar-refractivity contribution in [3.8, 4) is 0 Å². The predicted molar refractivity (Wildman–Crippen MR) is 125 cm³/mol. The Labute approximate surface area is 185 Å².